The van der Waals surface area contributed by atoms with Gasteiger partial charge in [0.1, 0.15) is 6.04 Å². The van der Waals surface area contributed by atoms with Crippen molar-refractivity contribution in [1.29, 1.82) is 0 Å². The summed E-state index contributed by atoms with van der Waals surface area (Å²) in [6.07, 6.45) is 3.92. The molecular formula is C14H27N3O2. The van der Waals surface area contributed by atoms with Crippen LogP contribution in [0.3, 0.4) is 0 Å². The molecular weight excluding hydrogens is 242 g/mol. The molecule has 5 nitrogen and oxygen atoms in total. The summed E-state index contributed by atoms with van der Waals surface area (Å²) in [6.45, 7) is 5.61. The summed E-state index contributed by atoms with van der Waals surface area (Å²) in [5.74, 6) is 0.0447. The molecule has 0 bridgehead atoms. The fourth-order valence-electron chi connectivity index (χ4n) is 2.61. The van der Waals surface area contributed by atoms with Gasteiger partial charge in [-0.2, -0.15) is 0 Å². The molecule has 1 fully saturated rings. The first-order chi connectivity index (χ1) is 8.91. The second-order valence-electron chi connectivity index (χ2n) is 6.06. The van der Waals surface area contributed by atoms with Crippen molar-refractivity contribution in [3.05, 3.63) is 0 Å². The standard InChI is InChI=1S/C14H27N3O2/c1-14(2,8-9-15)7-6-12(18)17-10-4-5-11(17)13(19)16-3/h11H,4-10,15H2,1-3H3,(H,16,19). The van der Waals surface area contributed by atoms with E-state index >= 15 is 0 Å². The molecule has 3 N–H and O–H groups in total. The number of rotatable bonds is 6. The number of carbonyl (C=O) groups is 2. The monoisotopic (exact) mass is 269 g/mol. The van der Waals surface area contributed by atoms with Crippen LogP contribution >= 0.6 is 0 Å². The third-order valence-corrected chi connectivity index (χ3v) is 3.96. The van der Waals surface area contributed by atoms with Crippen molar-refractivity contribution in [2.75, 3.05) is 20.1 Å². The molecule has 0 radical (unpaired) electrons. The van der Waals surface area contributed by atoms with Gasteiger partial charge in [-0.15, -0.1) is 0 Å². The second-order valence-corrected chi connectivity index (χ2v) is 6.06. The summed E-state index contributed by atoms with van der Waals surface area (Å²) in [5, 5.41) is 2.64. The number of likely N-dealkylation sites (N-methyl/N-ethyl adjacent to an activating group) is 1. The molecule has 0 aliphatic carbocycles. The molecule has 5 heteroatoms. The Kier molecular flexibility index (Phi) is 5.79. The molecule has 0 aromatic rings. The van der Waals surface area contributed by atoms with Crippen molar-refractivity contribution in [3.8, 4) is 0 Å². The topological polar surface area (TPSA) is 75.4 Å². The summed E-state index contributed by atoms with van der Waals surface area (Å²) >= 11 is 0. The van der Waals surface area contributed by atoms with E-state index < -0.39 is 0 Å². The van der Waals surface area contributed by atoms with Crippen LogP contribution in [0.15, 0.2) is 0 Å². The van der Waals surface area contributed by atoms with E-state index in [-0.39, 0.29) is 23.3 Å². The smallest absolute Gasteiger partial charge is 0.242 e. The van der Waals surface area contributed by atoms with E-state index in [1.807, 2.05) is 0 Å². The predicted octanol–water partition coefficient (Wildman–Crippen LogP) is 0.879. The van der Waals surface area contributed by atoms with Gasteiger partial charge in [0, 0.05) is 20.0 Å². The summed E-state index contributed by atoms with van der Waals surface area (Å²) in [6, 6.07) is -0.268. The average Bonchev–Trinajstić information content (AvgIpc) is 2.84. The van der Waals surface area contributed by atoms with Gasteiger partial charge >= 0.3 is 0 Å². The van der Waals surface area contributed by atoms with Crippen LogP contribution < -0.4 is 11.1 Å². The number of likely N-dealkylation sites (tertiary alicyclic amines) is 1. The Morgan fingerprint density at radius 2 is 2.05 bits per heavy atom. The third kappa shape index (κ3) is 4.49. The third-order valence-electron chi connectivity index (χ3n) is 3.96. The Labute approximate surface area is 115 Å². The van der Waals surface area contributed by atoms with E-state index in [0.29, 0.717) is 19.5 Å². The second kappa shape index (κ2) is 6.89. The Bertz CT molecular complexity index is 329. The summed E-state index contributed by atoms with van der Waals surface area (Å²) in [5.41, 5.74) is 5.66. The quantitative estimate of drug-likeness (QED) is 0.751. The maximum Gasteiger partial charge on any atom is 0.242 e. The summed E-state index contributed by atoms with van der Waals surface area (Å²) < 4.78 is 0. The molecule has 0 aromatic carbocycles. The molecule has 1 heterocycles. The number of amides is 2. The normalized spacial score (nSPS) is 19.6. The van der Waals surface area contributed by atoms with E-state index in [9.17, 15) is 9.59 Å². The lowest BCUT2D eigenvalue weighted by molar-refractivity contribution is -0.138. The van der Waals surface area contributed by atoms with Gasteiger partial charge < -0.3 is 16.0 Å². The Balaban J connectivity index is 2.51. The van der Waals surface area contributed by atoms with Crippen molar-refractivity contribution >= 4 is 11.8 Å². The van der Waals surface area contributed by atoms with Gasteiger partial charge in [0.25, 0.3) is 0 Å². The van der Waals surface area contributed by atoms with Crippen LogP contribution in [-0.2, 0) is 9.59 Å². The van der Waals surface area contributed by atoms with E-state index in [2.05, 4.69) is 19.2 Å². The van der Waals surface area contributed by atoms with Crippen molar-refractivity contribution in [3.63, 3.8) is 0 Å². The van der Waals surface area contributed by atoms with E-state index in [4.69, 9.17) is 5.73 Å². The van der Waals surface area contributed by atoms with Crippen LogP contribution in [0.25, 0.3) is 0 Å². The Morgan fingerprint density at radius 3 is 2.63 bits per heavy atom. The molecule has 0 aromatic heterocycles. The largest absolute Gasteiger partial charge is 0.357 e. The fraction of sp³-hybridized carbons (Fsp3) is 0.857. The number of nitrogens with one attached hydrogen (secondary N) is 1. The molecule has 1 rings (SSSR count). The molecule has 2 amide bonds. The van der Waals surface area contributed by atoms with Gasteiger partial charge in [0.15, 0.2) is 0 Å². The van der Waals surface area contributed by atoms with Gasteiger partial charge in [-0.1, -0.05) is 13.8 Å². The van der Waals surface area contributed by atoms with E-state index in [0.717, 1.165) is 25.7 Å². The number of hydrogen-bond acceptors (Lipinski definition) is 3. The average molecular weight is 269 g/mol. The zero-order valence-electron chi connectivity index (χ0n) is 12.4. The van der Waals surface area contributed by atoms with Crippen LogP contribution in [0.1, 0.15) is 46.0 Å². The van der Waals surface area contributed by atoms with Gasteiger partial charge in [-0.3, -0.25) is 9.59 Å². The zero-order chi connectivity index (χ0) is 14.5. The first kappa shape index (κ1) is 16.0. The van der Waals surface area contributed by atoms with Crippen LogP contribution in [0, 0.1) is 5.41 Å². The molecule has 19 heavy (non-hydrogen) atoms. The molecule has 1 saturated heterocycles. The lowest BCUT2D eigenvalue weighted by Crippen LogP contribution is -2.45. The highest BCUT2D eigenvalue weighted by Crippen LogP contribution is 2.27. The molecule has 0 saturated carbocycles. The number of nitrogens with zero attached hydrogens (tertiary/aromatic N) is 1. The lowest BCUT2D eigenvalue weighted by Gasteiger charge is -2.27. The number of hydrogen-bond donors (Lipinski definition) is 2. The maximum atomic E-state index is 12.2. The van der Waals surface area contributed by atoms with Crippen molar-refractivity contribution in [1.82, 2.24) is 10.2 Å². The molecule has 1 atom stereocenters. The highest BCUT2D eigenvalue weighted by molar-refractivity contribution is 5.88. The highest BCUT2D eigenvalue weighted by atomic mass is 16.2. The molecule has 0 spiro atoms. The summed E-state index contributed by atoms with van der Waals surface area (Å²) in [4.78, 5) is 25.7. The number of nitrogens with two attached hydrogens (primary N) is 1. The molecule has 1 aliphatic rings. The van der Waals surface area contributed by atoms with Gasteiger partial charge in [0.05, 0.1) is 0 Å². The van der Waals surface area contributed by atoms with Crippen molar-refractivity contribution in [2.45, 2.75) is 52.0 Å². The SMILES string of the molecule is CNC(=O)C1CCCN1C(=O)CCC(C)(C)CCN. The van der Waals surface area contributed by atoms with Crippen LogP contribution in [0.2, 0.25) is 0 Å². The van der Waals surface area contributed by atoms with Crippen LogP contribution in [0.5, 0.6) is 0 Å². The first-order valence-electron chi connectivity index (χ1n) is 7.12. The Hall–Kier alpha value is -1.10. The van der Waals surface area contributed by atoms with E-state index in [1.165, 1.54) is 0 Å². The molecule has 110 valence electrons. The van der Waals surface area contributed by atoms with Gasteiger partial charge in [-0.25, -0.2) is 0 Å². The van der Waals surface area contributed by atoms with Crippen molar-refractivity contribution < 1.29 is 9.59 Å². The van der Waals surface area contributed by atoms with Gasteiger partial charge in [-0.05, 0) is 37.6 Å². The van der Waals surface area contributed by atoms with Crippen LogP contribution in [-0.4, -0.2) is 42.9 Å². The minimum atomic E-state index is -0.268. The minimum Gasteiger partial charge on any atom is -0.357 e. The fourth-order valence-corrected chi connectivity index (χ4v) is 2.61. The maximum absolute atomic E-state index is 12.2. The molecule has 1 aliphatic heterocycles. The Morgan fingerprint density at radius 1 is 1.37 bits per heavy atom. The number of carbonyl (C=O) groups excluding carboxylic acids is 2. The minimum absolute atomic E-state index is 0.0490. The van der Waals surface area contributed by atoms with Crippen LogP contribution in [0.4, 0.5) is 0 Å². The molecule has 1 unspecified atom stereocenters. The van der Waals surface area contributed by atoms with Gasteiger partial charge in [0.2, 0.25) is 11.8 Å². The summed E-state index contributed by atoms with van der Waals surface area (Å²) in [7, 11) is 1.62. The zero-order valence-corrected chi connectivity index (χ0v) is 12.4. The van der Waals surface area contributed by atoms with E-state index in [1.54, 1.807) is 11.9 Å². The lowest BCUT2D eigenvalue weighted by atomic mass is 9.84. The highest BCUT2D eigenvalue weighted by Gasteiger charge is 2.33. The predicted molar refractivity (Wildman–Crippen MR) is 75.5 cm³/mol. The van der Waals surface area contributed by atoms with Crippen molar-refractivity contribution in [2.24, 2.45) is 11.1 Å². The first-order valence-corrected chi connectivity index (χ1v) is 7.12.